The Hall–Kier alpha value is -4.17. The number of anilines is 1. The van der Waals surface area contributed by atoms with Gasteiger partial charge in [-0.05, 0) is 67.5 Å². The van der Waals surface area contributed by atoms with E-state index in [4.69, 9.17) is 0 Å². The minimum Gasteiger partial charge on any atom is -0.335 e. The fourth-order valence-electron chi connectivity index (χ4n) is 6.02. The summed E-state index contributed by atoms with van der Waals surface area (Å²) >= 11 is 5.15. The molecule has 45 heavy (non-hydrogen) atoms. The van der Waals surface area contributed by atoms with E-state index < -0.39 is 0 Å². The van der Waals surface area contributed by atoms with E-state index in [0.717, 1.165) is 32.3 Å². The van der Waals surface area contributed by atoms with E-state index in [1.807, 2.05) is 17.6 Å². The van der Waals surface area contributed by atoms with Crippen LogP contribution in [-0.2, 0) is 13.1 Å². The van der Waals surface area contributed by atoms with Crippen molar-refractivity contribution in [2.75, 3.05) is 11.4 Å². The smallest absolute Gasteiger partial charge is 0.269 e. The van der Waals surface area contributed by atoms with Crippen molar-refractivity contribution in [2.45, 2.75) is 38.8 Å². The Balaban J connectivity index is 1.35. The number of hydrogen-bond acceptors (Lipinski definition) is 5. The number of fused-ring (bicyclic) bond motifs is 3. The number of thioether (sulfide) groups is 1. The molecule has 3 heterocycles. The fraction of sp³-hybridized carbons (Fsp3) is 0.158. The molecule has 7 heteroatoms. The zero-order chi connectivity index (χ0) is 30.9. The molecule has 0 atom stereocenters. The van der Waals surface area contributed by atoms with Gasteiger partial charge in [-0.25, -0.2) is 0 Å². The van der Waals surface area contributed by atoms with Crippen molar-refractivity contribution in [2.24, 2.45) is 0 Å². The Kier molecular flexibility index (Phi) is 8.32. The van der Waals surface area contributed by atoms with Crippen LogP contribution in [-0.4, -0.2) is 11.1 Å². The monoisotopic (exact) mass is 644 g/mol. The maximum absolute atomic E-state index is 13.7. The molecule has 0 radical (unpaired) electrons. The molecule has 6 aromatic rings. The van der Waals surface area contributed by atoms with Crippen LogP contribution in [0.2, 0.25) is 0 Å². The summed E-state index contributed by atoms with van der Waals surface area (Å²) in [7, 11) is 0. The van der Waals surface area contributed by atoms with Gasteiger partial charge in [0.25, 0.3) is 10.6 Å². The molecule has 0 amide bonds. The maximum Gasteiger partial charge on any atom is 0.269 e. The maximum atomic E-state index is 13.7. The lowest BCUT2D eigenvalue weighted by molar-refractivity contribution is -0.679. The van der Waals surface area contributed by atoms with E-state index in [1.54, 1.807) is 34.4 Å². The lowest BCUT2D eigenvalue weighted by atomic mass is 10.1. The molecule has 0 spiro atoms. The van der Waals surface area contributed by atoms with E-state index in [1.165, 1.54) is 43.1 Å². The lowest BCUT2D eigenvalue weighted by Crippen LogP contribution is -2.36. The number of nitrogens with zero attached hydrogens (tertiary/aromatic N) is 3. The molecule has 0 bridgehead atoms. The molecule has 7 rings (SSSR count). The Morgan fingerprint density at radius 3 is 2.18 bits per heavy atom. The van der Waals surface area contributed by atoms with Crippen molar-refractivity contribution >= 4 is 63.0 Å². The summed E-state index contributed by atoms with van der Waals surface area (Å²) in [6.45, 7) is 8.73. The summed E-state index contributed by atoms with van der Waals surface area (Å²) in [5, 5.41) is 4.80. The highest BCUT2D eigenvalue weighted by Gasteiger charge is 2.27. The number of thiazole rings is 2. The molecular formula is C38H34N3OS3+. The van der Waals surface area contributed by atoms with Crippen LogP contribution in [0.4, 0.5) is 5.69 Å². The highest BCUT2D eigenvalue weighted by molar-refractivity contribution is 8.04. The normalized spacial score (nSPS) is 14.6. The number of hydrogen-bond donors (Lipinski definition) is 0. The predicted molar refractivity (Wildman–Crippen MR) is 194 cm³/mol. The molecule has 0 N–H and O–H groups in total. The Morgan fingerprint density at radius 1 is 0.756 bits per heavy atom. The highest BCUT2D eigenvalue weighted by Crippen LogP contribution is 2.49. The van der Waals surface area contributed by atoms with Crippen LogP contribution >= 0.6 is 34.4 Å². The van der Waals surface area contributed by atoms with Gasteiger partial charge in [0.1, 0.15) is 16.1 Å². The summed E-state index contributed by atoms with van der Waals surface area (Å²) in [5.41, 5.74) is 4.90. The largest absolute Gasteiger partial charge is 0.335 e. The van der Waals surface area contributed by atoms with Crippen molar-refractivity contribution in [3.05, 3.63) is 133 Å². The molecule has 0 saturated heterocycles. The number of aromatic nitrogens is 2. The van der Waals surface area contributed by atoms with Crippen molar-refractivity contribution in [3.63, 3.8) is 0 Å². The zero-order valence-electron chi connectivity index (χ0n) is 25.6. The van der Waals surface area contributed by atoms with Crippen LogP contribution in [0.1, 0.15) is 25.8 Å². The SMILES string of the molecule is CCN1C(=C/C=c2/sc(=Cc3sc(-c4ccccc4)c(-c4ccccc4)[n+]3CC)n(CC)c2=O)Sc2c1ccc1ccccc21. The van der Waals surface area contributed by atoms with E-state index in [-0.39, 0.29) is 5.56 Å². The van der Waals surface area contributed by atoms with Crippen molar-refractivity contribution in [1.29, 1.82) is 0 Å². The van der Waals surface area contributed by atoms with Crippen LogP contribution < -0.4 is 24.2 Å². The van der Waals surface area contributed by atoms with Gasteiger partial charge in [0.05, 0.1) is 21.3 Å². The van der Waals surface area contributed by atoms with E-state index in [2.05, 4.69) is 133 Å². The van der Waals surface area contributed by atoms with Gasteiger partial charge in [-0.15, -0.1) is 11.3 Å². The summed E-state index contributed by atoms with van der Waals surface area (Å²) in [6, 6.07) is 34.2. The third-order valence-electron chi connectivity index (χ3n) is 8.17. The van der Waals surface area contributed by atoms with Gasteiger partial charge in [0.15, 0.2) is 0 Å². The molecule has 0 aliphatic carbocycles. The van der Waals surface area contributed by atoms with E-state index >= 15 is 0 Å². The standard InChI is InChI=1S/C38H34N3OS3/c1-4-39-30-22-21-26-15-13-14-20-29(26)37(30)44-32(39)24-23-31-38(42)41(6-3)34(43-31)25-33-40(5-2)35(27-16-9-7-10-17-27)36(45-33)28-18-11-8-12-19-28/h7-25H,4-6H2,1-3H3/q+1/b31-23+,32-24?. The first-order valence-corrected chi connectivity index (χ1v) is 17.8. The predicted octanol–water partition coefficient (Wildman–Crippen LogP) is 7.87. The average Bonchev–Trinajstić information content (AvgIpc) is 3.74. The van der Waals surface area contributed by atoms with Gasteiger partial charge in [-0.1, -0.05) is 102 Å². The van der Waals surface area contributed by atoms with Crippen LogP contribution in [0.5, 0.6) is 0 Å². The number of benzene rings is 4. The van der Waals surface area contributed by atoms with Gasteiger partial charge in [0.2, 0.25) is 5.69 Å². The minimum absolute atomic E-state index is 0.0609. The second-order valence-electron chi connectivity index (χ2n) is 10.7. The fourth-order valence-corrected chi connectivity index (χ4v) is 9.70. The summed E-state index contributed by atoms with van der Waals surface area (Å²) in [4.78, 5) is 18.6. The summed E-state index contributed by atoms with van der Waals surface area (Å²) in [6.07, 6.45) is 6.35. The van der Waals surface area contributed by atoms with Gasteiger partial charge < -0.3 is 4.90 Å². The van der Waals surface area contributed by atoms with Crippen molar-refractivity contribution in [1.82, 2.24) is 4.57 Å². The molecular weight excluding hydrogens is 611 g/mol. The first-order valence-electron chi connectivity index (χ1n) is 15.4. The summed E-state index contributed by atoms with van der Waals surface area (Å²) in [5.74, 6) is 0. The molecule has 4 nitrogen and oxygen atoms in total. The van der Waals surface area contributed by atoms with Crippen molar-refractivity contribution < 1.29 is 4.57 Å². The molecule has 1 aliphatic heterocycles. The highest BCUT2D eigenvalue weighted by atomic mass is 32.2. The van der Waals surface area contributed by atoms with Gasteiger partial charge in [-0.3, -0.25) is 9.36 Å². The molecule has 0 saturated carbocycles. The molecule has 0 unspecified atom stereocenters. The molecule has 2 aromatic heterocycles. The van der Waals surface area contributed by atoms with Gasteiger partial charge in [0, 0.05) is 23.5 Å². The topological polar surface area (TPSA) is 29.1 Å². The van der Waals surface area contributed by atoms with Crippen LogP contribution in [0.25, 0.3) is 44.6 Å². The minimum atomic E-state index is 0.0609. The first kappa shape index (κ1) is 29.5. The zero-order valence-corrected chi connectivity index (χ0v) is 28.0. The quantitative estimate of drug-likeness (QED) is 0.166. The third kappa shape index (κ3) is 5.39. The van der Waals surface area contributed by atoms with Crippen LogP contribution in [0.3, 0.4) is 0 Å². The van der Waals surface area contributed by atoms with Gasteiger partial charge >= 0.3 is 0 Å². The second-order valence-corrected chi connectivity index (χ2v) is 13.9. The Labute approximate surface area is 275 Å². The Bertz CT molecular complexity index is 2230. The third-order valence-corrected chi connectivity index (χ3v) is 11.6. The second kappa shape index (κ2) is 12.7. The van der Waals surface area contributed by atoms with E-state index in [9.17, 15) is 4.79 Å². The molecule has 0 fully saturated rings. The lowest BCUT2D eigenvalue weighted by Gasteiger charge is -2.17. The van der Waals surface area contributed by atoms with Gasteiger partial charge in [-0.2, -0.15) is 4.57 Å². The Morgan fingerprint density at radius 2 is 1.47 bits per heavy atom. The number of allylic oxidation sites excluding steroid dienone is 1. The summed E-state index contributed by atoms with van der Waals surface area (Å²) < 4.78 is 6.00. The number of rotatable bonds is 7. The average molecular weight is 645 g/mol. The molecule has 1 aliphatic rings. The van der Waals surface area contributed by atoms with Crippen LogP contribution in [0, 0.1) is 0 Å². The molecule has 4 aromatic carbocycles. The van der Waals surface area contributed by atoms with Crippen LogP contribution in [0.15, 0.2) is 118 Å². The molecule has 224 valence electrons. The van der Waals surface area contributed by atoms with E-state index in [0.29, 0.717) is 6.54 Å². The van der Waals surface area contributed by atoms with Crippen molar-refractivity contribution in [3.8, 4) is 21.7 Å². The first-order chi connectivity index (χ1) is 22.1.